The first kappa shape index (κ1) is 25.0. The van der Waals surface area contributed by atoms with Crippen LogP contribution in [0.3, 0.4) is 0 Å². The average Bonchev–Trinajstić information content (AvgIpc) is 3.28. The van der Waals surface area contributed by atoms with E-state index in [2.05, 4.69) is 15.5 Å². The van der Waals surface area contributed by atoms with Gasteiger partial charge in [-0.2, -0.15) is 5.26 Å². The van der Waals surface area contributed by atoms with Crippen LogP contribution in [0.1, 0.15) is 22.8 Å². The number of sulfone groups is 1. The van der Waals surface area contributed by atoms with Gasteiger partial charge < -0.3 is 4.74 Å². The summed E-state index contributed by atoms with van der Waals surface area (Å²) < 4.78 is 41.6. The van der Waals surface area contributed by atoms with Gasteiger partial charge >= 0.3 is 5.97 Å². The van der Waals surface area contributed by atoms with Crippen LogP contribution in [-0.2, 0) is 14.6 Å². The van der Waals surface area contributed by atoms with Crippen LogP contribution in [0.5, 0.6) is 5.75 Å². The number of aromatic nitrogens is 2. The maximum atomic E-state index is 13.0. The third-order valence-corrected chi connectivity index (χ3v) is 7.50. The summed E-state index contributed by atoms with van der Waals surface area (Å²) >= 11 is 6.82. The molecule has 3 aromatic rings. The molecule has 1 aromatic heterocycles. The topological polar surface area (TPSA) is 139 Å². The van der Waals surface area contributed by atoms with E-state index >= 15 is 0 Å². The van der Waals surface area contributed by atoms with Crippen molar-refractivity contribution in [2.75, 3.05) is 11.1 Å². The highest BCUT2D eigenvalue weighted by atomic mass is 35.5. The molecule has 1 amide bonds. The van der Waals surface area contributed by atoms with Crippen molar-refractivity contribution in [3.05, 3.63) is 70.0 Å². The third-order valence-electron chi connectivity index (χ3n) is 4.19. The van der Waals surface area contributed by atoms with E-state index in [4.69, 9.17) is 16.3 Å². The number of anilines is 1. The van der Waals surface area contributed by atoms with Gasteiger partial charge in [0.15, 0.2) is 0 Å². The molecular formula is C21H14ClFN4O5S2. The van der Waals surface area contributed by atoms with Gasteiger partial charge in [0.1, 0.15) is 23.2 Å². The molecule has 0 saturated heterocycles. The second kappa shape index (κ2) is 10.5. The number of nitriles is 1. The van der Waals surface area contributed by atoms with E-state index in [1.54, 1.807) is 6.07 Å². The lowest BCUT2D eigenvalue weighted by molar-refractivity contribution is -0.112. The minimum atomic E-state index is -3.58. The van der Waals surface area contributed by atoms with Crippen LogP contribution in [0.4, 0.5) is 9.52 Å². The molecule has 13 heteroatoms. The minimum Gasteiger partial charge on any atom is -0.421 e. The number of carbonyl (C=O) groups excluding carboxylic acids is 2. The standard InChI is InChI=1S/C21H14ClFN4O5S2/c1-2-34(30,31)21-27-26-20(33-21)25-18(28)14(11-24)9-12-3-8-17(16(22)10-12)32-19(29)13-4-6-15(23)7-5-13/h3-10H,2H2,1H3,(H,25,26,28). The Hall–Kier alpha value is -3.66. The zero-order chi connectivity index (χ0) is 24.9. The van der Waals surface area contributed by atoms with Gasteiger partial charge in [0.25, 0.3) is 5.91 Å². The Bertz CT molecular complexity index is 1430. The normalized spacial score (nSPS) is 11.5. The van der Waals surface area contributed by atoms with Gasteiger partial charge in [-0.05, 0) is 48.0 Å². The van der Waals surface area contributed by atoms with Crippen LogP contribution in [0.15, 0.2) is 52.4 Å². The Morgan fingerprint density at radius 1 is 1.24 bits per heavy atom. The van der Waals surface area contributed by atoms with Crippen molar-refractivity contribution < 1.29 is 27.1 Å². The van der Waals surface area contributed by atoms with Crippen molar-refractivity contribution >= 4 is 55.9 Å². The van der Waals surface area contributed by atoms with Gasteiger partial charge in [-0.3, -0.25) is 10.1 Å². The van der Waals surface area contributed by atoms with Crippen LogP contribution in [0.2, 0.25) is 5.02 Å². The first-order chi connectivity index (χ1) is 16.1. The molecule has 0 spiro atoms. The lowest BCUT2D eigenvalue weighted by Crippen LogP contribution is -2.13. The van der Waals surface area contributed by atoms with E-state index in [1.165, 1.54) is 43.3 Å². The van der Waals surface area contributed by atoms with E-state index in [-0.39, 0.29) is 37.1 Å². The molecular weight excluding hydrogens is 507 g/mol. The minimum absolute atomic E-state index is 0.0228. The molecule has 0 unspecified atom stereocenters. The van der Waals surface area contributed by atoms with Gasteiger partial charge in [0.2, 0.25) is 19.3 Å². The van der Waals surface area contributed by atoms with E-state index in [0.29, 0.717) is 16.9 Å². The molecule has 3 rings (SSSR count). The molecule has 0 bridgehead atoms. The van der Waals surface area contributed by atoms with Crippen LogP contribution in [0.25, 0.3) is 6.08 Å². The van der Waals surface area contributed by atoms with Crippen molar-refractivity contribution in [3.63, 3.8) is 0 Å². The Kier molecular flexibility index (Phi) is 7.72. The number of nitrogens with one attached hydrogen (secondary N) is 1. The quantitative estimate of drug-likeness (QED) is 0.163. The number of halogens is 2. The van der Waals surface area contributed by atoms with E-state index in [1.807, 2.05) is 0 Å². The molecule has 0 aliphatic carbocycles. The van der Waals surface area contributed by atoms with Crippen LogP contribution in [-0.4, -0.2) is 36.2 Å². The summed E-state index contributed by atoms with van der Waals surface area (Å²) in [4.78, 5) is 24.6. The Morgan fingerprint density at radius 2 is 1.94 bits per heavy atom. The monoisotopic (exact) mass is 520 g/mol. The number of ether oxygens (including phenoxy) is 1. The summed E-state index contributed by atoms with van der Waals surface area (Å²) in [5.74, 6) is -2.23. The summed E-state index contributed by atoms with van der Waals surface area (Å²) in [7, 11) is -3.58. The number of carbonyl (C=O) groups is 2. The summed E-state index contributed by atoms with van der Waals surface area (Å²) in [6.07, 6.45) is 1.23. The molecule has 1 heterocycles. The lowest BCUT2D eigenvalue weighted by Gasteiger charge is -2.07. The molecule has 0 aliphatic heterocycles. The smallest absolute Gasteiger partial charge is 0.343 e. The molecule has 0 aliphatic rings. The summed E-state index contributed by atoms with van der Waals surface area (Å²) in [6.45, 7) is 1.45. The average molecular weight is 521 g/mol. The molecule has 0 saturated carbocycles. The maximum absolute atomic E-state index is 13.0. The van der Waals surface area contributed by atoms with Gasteiger partial charge in [-0.1, -0.05) is 35.9 Å². The number of amides is 1. The predicted octanol–water partition coefficient (Wildman–Crippen LogP) is 3.89. The zero-order valence-corrected chi connectivity index (χ0v) is 19.7. The van der Waals surface area contributed by atoms with Gasteiger partial charge in [0, 0.05) is 0 Å². The fourth-order valence-corrected chi connectivity index (χ4v) is 4.63. The number of esters is 1. The Labute approximate surface area is 202 Å². The molecule has 2 aromatic carbocycles. The van der Waals surface area contributed by atoms with Gasteiger partial charge in [-0.15, -0.1) is 10.2 Å². The second-order valence-electron chi connectivity index (χ2n) is 6.49. The van der Waals surface area contributed by atoms with E-state index < -0.39 is 27.5 Å². The molecule has 174 valence electrons. The highest BCUT2D eigenvalue weighted by Crippen LogP contribution is 2.28. The fraction of sp³-hybridized carbons (Fsp3) is 0.0952. The maximum Gasteiger partial charge on any atom is 0.343 e. The zero-order valence-electron chi connectivity index (χ0n) is 17.3. The third kappa shape index (κ3) is 6.02. The SMILES string of the molecule is CCS(=O)(=O)c1nnc(NC(=O)C(C#N)=Cc2ccc(OC(=O)c3ccc(F)cc3)c(Cl)c2)s1. The summed E-state index contributed by atoms with van der Waals surface area (Å²) in [5, 5.41) is 18.8. The van der Waals surface area contributed by atoms with Crippen molar-refractivity contribution in [2.24, 2.45) is 0 Å². The number of nitrogens with zero attached hydrogens (tertiary/aromatic N) is 3. The molecule has 34 heavy (non-hydrogen) atoms. The highest BCUT2D eigenvalue weighted by Gasteiger charge is 2.20. The molecule has 1 N–H and O–H groups in total. The summed E-state index contributed by atoms with van der Waals surface area (Å²) in [6, 6.07) is 10.7. The number of hydrogen-bond acceptors (Lipinski definition) is 9. The second-order valence-corrected chi connectivity index (χ2v) is 10.3. The Balaban J connectivity index is 1.74. The first-order valence-corrected chi connectivity index (χ1v) is 12.2. The van der Waals surface area contributed by atoms with E-state index in [0.717, 1.165) is 12.1 Å². The Morgan fingerprint density at radius 3 is 2.56 bits per heavy atom. The molecule has 9 nitrogen and oxygen atoms in total. The van der Waals surface area contributed by atoms with Crippen LogP contribution < -0.4 is 10.1 Å². The molecule has 0 fully saturated rings. The van der Waals surface area contributed by atoms with Crippen molar-refractivity contribution in [1.29, 1.82) is 5.26 Å². The van der Waals surface area contributed by atoms with Crippen LogP contribution >= 0.6 is 22.9 Å². The molecule has 0 atom stereocenters. The van der Waals surface area contributed by atoms with Crippen molar-refractivity contribution in [3.8, 4) is 11.8 Å². The van der Waals surface area contributed by atoms with Gasteiger partial charge in [0.05, 0.1) is 16.3 Å². The number of rotatable bonds is 7. The van der Waals surface area contributed by atoms with Crippen molar-refractivity contribution in [2.45, 2.75) is 11.3 Å². The lowest BCUT2D eigenvalue weighted by atomic mass is 10.1. The largest absolute Gasteiger partial charge is 0.421 e. The first-order valence-electron chi connectivity index (χ1n) is 9.39. The summed E-state index contributed by atoms with van der Waals surface area (Å²) in [5.41, 5.74) is 0.156. The van der Waals surface area contributed by atoms with Crippen molar-refractivity contribution in [1.82, 2.24) is 10.2 Å². The number of benzene rings is 2. The predicted molar refractivity (Wildman–Crippen MR) is 123 cm³/mol. The van der Waals surface area contributed by atoms with Crippen LogP contribution in [0, 0.1) is 17.1 Å². The number of hydrogen-bond donors (Lipinski definition) is 1. The van der Waals surface area contributed by atoms with E-state index in [9.17, 15) is 27.7 Å². The molecule has 0 radical (unpaired) electrons. The van der Waals surface area contributed by atoms with Gasteiger partial charge in [-0.25, -0.2) is 17.6 Å². The highest BCUT2D eigenvalue weighted by molar-refractivity contribution is 7.93. The fourth-order valence-electron chi connectivity index (χ4n) is 2.42.